The van der Waals surface area contributed by atoms with Crippen LogP contribution in [0.25, 0.3) is 0 Å². The molecule has 2 unspecified atom stereocenters. The molecule has 0 saturated carbocycles. The molecule has 5 nitrogen and oxygen atoms in total. The van der Waals surface area contributed by atoms with Crippen molar-refractivity contribution < 1.29 is 19.4 Å². The van der Waals surface area contributed by atoms with Gasteiger partial charge in [-0.15, -0.1) is 0 Å². The lowest BCUT2D eigenvalue weighted by atomic mass is 9.89. The molecular weight excluding hydrogens is 386 g/mol. The van der Waals surface area contributed by atoms with E-state index in [9.17, 15) is 14.7 Å². The summed E-state index contributed by atoms with van der Waals surface area (Å²) in [7, 11) is 0. The Balaban J connectivity index is 1.69. The van der Waals surface area contributed by atoms with Gasteiger partial charge in [0.2, 0.25) is 0 Å². The molecular formula is C19H18BrNO4. The first-order valence-corrected chi connectivity index (χ1v) is 8.78. The Morgan fingerprint density at radius 1 is 1.12 bits per heavy atom. The van der Waals surface area contributed by atoms with Crippen molar-refractivity contribution in [1.29, 1.82) is 0 Å². The first-order chi connectivity index (χ1) is 12.0. The van der Waals surface area contributed by atoms with Crippen molar-refractivity contribution in [2.24, 2.45) is 5.92 Å². The largest absolute Gasteiger partial charge is 0.481 e. The van der Waals surface area contributed by atoms with Gasteiger partial charge >= 0.3 is 12.1 Å². The first kappa shape index (κ1) is 17.5. The van der Waals surface area contributed by atoms with Crippen LogP contribution in [0, 0.1) is 5.92 Å². The molecule has 1 fully saturated rings. The van der Waals surface area contributed by atoms with E-state index in [2.05, 4.69) is 15.9 Å². The molecule has 0 bridgehead atoms. The zero-order chi connectivity index (χ0) is 17.8. The molecule has 6 heteroatoms. The Hall–Kier alpha value is -2.34. The molecule has 0 radical (unpaired) electrons. The smallest absolute Gasteiger partial charge is 0.410 e. The van der Waals surface area contributed by atoms with E-state index in [-0.39, 0.29) is 19.1 Å². The number of benzene rings is 2. The first-order valence-electron chi connectivity index (χ1n) is 7.98. The molecule has 2 atom stereocenters. The second-order valence-corrected chi connectivity index (χ2v) is 6.97. The quantitative estimate of drug-likeness (QED) is 0.840. The molecule has 1 N–H and O–H groups in total. The minimum atomic E-state index is -0.900. The van der Waals surface area contributed by atoms with Crippen LogP contribution in [-0.4, -0.2) is 35.2 Å². The minimum Gasteiger partial charge on any atom is -0.481 e. The number of rotatable bonds is 4. The van der Waals surface area contributed by atoms with Crippen LogP contribution in [0.5, 0.6) is 0 Å². The van der Waals surface area contributed by atoms with E-state index < -0.39 is 18.0 Å². The van der Waals surface area contributed by atoms with Gasteiger partial charge in [-0.05, 0) is 23.3 Å². The van der Waals surface area contributed by atoms with Crippen molar-refractivity contribution >= 4 is 28.0 Å². The fourth-order valence-electron chi connectivity index (χ4n) is 3.09. The molecule has 2 aromatic rings. The summed E-state index contributed by atoms with van der Waals surface area (Å²) in [5.74, 6) is -1.79. The number of carbonyl (C=O) groups is 2. The molecule has 1 heterocycles. The molecule has 0 aromatic heterocycles. The SMILES string of the molecule is O=C(O)C1CN(C(=O)OCc2ccccc2)CC1c1cccc(Br)c1. The summed E-state index contributed by atoms with van der Waals surface area (Å²) in [5, 5.41) is 9.53. The van der Waals surface area contributed by atoms with Crippen molar-refractivity contribution in [2.75, 3.05) is 13.1 Å². The van der Waals surface area contributed by atoms with Gasteiger partial charge < -0.3 is 14.7 Å². The highest BCUT2D eigenvalue weighted by atomic mass is 79.9. The fraction of sp³-hybridized carbons (Fsp3) is 0.263. The van der Waals surface area contributed by atoms with Gasteiger partial charge in [-0.1, -0.05) is 58.4 Å². The maximum absolute atomic E-state index is 12.3. The lowest BCUT2D eigenvalue weighted by Gasteiger charge is -2.16. The Bertz CT molecular complexity index is 765. The molecule has 2 aromatic carbocycles. The van der Waals surface area contributed by atoms with Crippen molar-refractivity contribution in [3.05, 3.63) is 70.2 Å². The van der Waals surface area contributed by atoms with Crippen LogP contribution in [0.15, 0.2) is 59.1 Å². The van der Waals surface area contributed by atoms with Crippen molar-refractivity contribution in [1.82, 2.24) is 4.90 Å². The number of carboxylic acids is 1. The zero-order valence-corrected chi connectivity index (χ0v) is 15.1. The van der Waals surface area contributed by atoms with Gasteiger partial charge in [0.1, 0.15) is 6.61 Å². The molecule has 25 heavy (non-hydrogen) atoms. The third-order valence-corrected chi connectivity index (χ3v) is 4.87. The summed E-state index contributed by atoms with van der Waals surface area (Å²) in [5.41, 5.74) is 1.80. The van der Waals surface area contributed by atoms with Gasteiger partial charge in [0.25, 0.3) is 0 Å². The Labute approximate surface area is 154 Å². The lowest BCUT2D eigenvalue weighted by Crippen LogP contribution is -2.30. The Morgan fingerprint density at radius 3 is 2.56 bits per heavy atom. The summed E-state index contributed by atoms with van der Waals surface area (Å²) < 4.78 is 6.22. The van der Waals surface area contributed by atoms with Gasteiger partial charge in [-0.2, -0.15) is 0 Å². The molecule has 0 aliphatic carbocycles. The number of amides is 1. The third-order valence-electron chi connectivity index (χ3n) is 4.38. The van der Waals surface area contributed by atoms with Crippen molar-refractivity contribution in [2.45, 2.75) is 12.5 Å². The molecule has 1 aliphatic heterocycles. The molecule has 1 aliphatic rings. The minimum absolute atomic E-state index is 0.153. The monoisotopic (exact) mass is 403 g/mol. The summed E-state index contributed by atoms with van der Waals surface area (Å²) in [4.78, 5) is 25.4. The van der Waals surface area contributed by atoms with E-state index in [0.29, 0.717) is 6.54 Å². The van der Waals surface area contributed by atoms with E-state index in [1.165, 1.54) is 4.90 Å². The molecule has 1 amide bonds. The van der Waals surface area contributed by atoms with Crippen LogP contribution in [0.3, 0.4) is 0 Å². The van der Waals surface area contributed by atoms with Crippen molar-refractivity contribution in [3.63, 3.8) is 0 Å². The lowest BCUT2D eigenvalue weighted by molar-refractivity contribution is -0.141. The number of hydrogen-bond acceptors (Lipinski definition) is 3. The van der Waals surface area contributed by atoms with Crippen LogP contribution in [0.2, 0.25) is 0 Å². The van der Waals surface area contributed by atoms with E-state index in [0.717, 1.165) is 15.6 Å². The normalized spacial score (nSPS) is 19.6. The van der Waals surface area contributed by atoms with Crippen molar-refractivity contribution in [3.8, 4) is 0 Å². The number of halogens is 1. The topological polar surface area (TPSA) is 66.8 Å². The molecule has 3 rings (SSSR count). The van der Waals surface area contributed by atoms with Crippen LogP contribution in [0.4, 0.5) is 4.79 Å². The highest BCUT2D eigenvalue weighted by Crippen LogP contribution is 2.34. The number of aliphatic carboxylic acids is 1. The van der Waals surface area contributed by atoms with Crippen LogP contribution < -0.4 is 0 Å². The predicted molar refractivity (Wildman–Crippen MR) is 96.2 cm³/mol. The number of hydrogen-bond donors (Lipinski definition) is 1. The van der Waals surface area contributed by atoms with E-state index in [4.69, 9.17) is 4.74 Å². The summed E-state index contributed by atoms with van der Waals surface area (Å²) in [6, 6.07) is 17.0. The standard InChI is InChI=1S/C19H18BrNO4/c20-15-8-4-7-14(9-15)16-10-21(11-17(16)18(22)23)19(24)25-12-13-5-2-1-3-6-13/h1-9,16-17H,10-12H2,(H,22,23). The zero-order valence-electron chi connectivity index (χ0n) is 13.5. The summed E-state index contributed by atoms with van der Waals surface area (Å²) in [6.07, 6.45) is -0.479. The number of nitrogens with zero attached hydrogens (tertiary/aromatic N) is 1. The molecule has 0 spiro atoms. The number of carbonyl (C=O) groups excluding carboxylic acids is 1. The maximum Gasteiger partial charge on any atom is 0.410 e. The fourth-order valence-corrected chi connectivity index (χ4v) is 3.51. The average molecular weight is 404 g/mol. The van der Waals surface area contributed by atoms with Gasteiger partial charge in [0, 0.05) is 23.5 Å². The van der Waals surface area contributed by atoms with Crippen LogP contribution >= 0.6 is 15.9 Å². The van der Waals surface area contributed by atoms with Crippen LogP contribution in [-0.2, 0) is 16.1 Å². The van der Waals surface area contributed by atoms with Gasteiger partial charge in [-0.3, -0.25) is 4.79 Å². The third kappa shape index (κ3) is 4.20. The van der Waals surface area contributed by atoms with Gasteiger partial charge in [-0.25, -0.2) is 4.79 Å². The highest BCUT2D eigenvalue weighted by Gasteiger charge is 2.41. The molecule has 1 saturated heterocycles. The van der Waals surface area contributed by atoms with E-state index in [1.54, 1.807) is 0 Å². The Morgan fingerprint density at radius 2 is 1.88 bits per heavy atom. The van der Waals surface area contributed by atoms with Gasteiger partial charge in [0.05, 0.1) is 5.92 Å². The van der Waals surface area contributed by atoms with Gasteiger partial charge in [0.15, 0.2) is 0 Å². The van der Waals surface area contributed by atoms with E-state index >= 15 is 0 Å². The second-order valence-electron chi connectivity index (χ2n) is 6.05. The Kier molecular flexibility index (Phi) is 5.38. The van der Waals surface area contributed by atoms with Crippen LogP contribution in [0.1, 0.15) is 17.0 Å². The number of carboxylic acid groups (broad SMARTS) is 1. The average Bonchev–Trinajstić information content (AvgIpc) is 3.06. The second kappa shape index (κ2) is 7.70. The maximum atomic E-state index is 12.3. The highest BCUT2D eigenvalue weighted by molar-refractivity contribution is 9.10. The molecule has 130 valence electrons. The predicted octanol–water partition coefficient (Wildman–Crippen LogP) is 3.89. The summed E-state index contributed by atoms with van der Waals surface area (Å²) >= 11 is 3.41. The number of ether oxygens (including phenoxy) is 1. The van der Waals surface area contributed by atoms with E-state index in [1.807, 2.05) is 54.6 Å². The number of likely N-dealkylation sites (tertiary alicyclic amines) is 1. The summed E-state index contributed by atoms with van der Waals surface area (Å²) in [6.45, 7) is 0.663.